The van der Waals surface area contributed by atoms with Gasteiger partial charge in [-0.2, -0.15) is 0 Å². The van der Waals surface area contributed by atoms with Gasteiger partial charge in [0.05, 0.1) is 12.7 Å². The lowest BCUT2D eigenvalue weighted by Gasteiger charge is -2.04. The molecule has 11 heavy (non-hydrogen) atoms. The van der Waals surface area contributed by atoms with Crippen LogP contribution in [0.2, 0.25) is 0 Å². The minimum Gasteiger partial charge on any atom is -0.465 e. The Morgan fingerprint density at radius 2 is 2.18 bits per heavy atom. The zero-order chi connectivity index (χ0) is 8.85. The lowest BCUT2D eigenvalue weighted by molar-refractivity contribution is -0.135. The van der Waals surface area contributed by atoms with Crippen LogP contribution in [0.4, 0.5) is 0 Å². The van der Waals surface area contributed by atoms with Gasteiger partial charge in [0.2, 0.25) is 0 Å². The van der Waals surface area contributed by atoms with E-state index in [2.05, 4.69) is 16.6 Å². The first-order valence-corrected chi connectivity index (χ1v) is 3.26. The predicted molar refractivity (Wildman–Crippen MR) is 44.0 cm³/mol. The monoisotopic (exact) mass is 155 g/mol. The molecule has 0 aromatic rings. The van der Waals surface area contributed by atoms with Crippen molar-refractivity contribution in [2.75, 3.05) is 14.2 Å². The van der Waals surface area contributed by atoms with Crippen LogP contribution in [0, 0.1) is 0 Å². The van der Waals surface area contributed by atoms with Gasteiger partial charge in [-0.1, -0.05) is 12.7 Å². The van der Waals surface area contributed by atoms with Crippen LogP contribution in [0.25, 0.3) is 0 Å². The Morgan fingerprint density at radius 3 is 2.45 bits per heavy atom. The fourth-order valence-corrected chi connectivity index (χ4v) is 0.634. The Labute approximate surface area is 66.7 Å². The highest BCUT2D eigenvalue weighted by Gasteiger charge is 2.07. The second-order valence-corrected chi connectivity index (χ2v) is 1.98. The molecule has 0 aromatic heterocycles. The summed E-state index contributed by atoms with van der Waals surface area (Å²) in [5.74, 6) is -0.369. The number of esters is 1. The Morgan fingerprint density at radius 1 is 1.64 bits per heavy atom. The number of nitrogens with one attached hydrogen (secondary N) is 1. The molecule has 0 saturated carbocycles. The molecule has 0 heterocycles. The summed E-state index contributed by atoms with van der Waals surface area (Å²) < 4.78 is 4.52. The minimum absolute atomic E-state index is 0.369. The Balaban J connectivity index is 4.64. The molecule has 0 bridgehead atoms. The van der Waals surface area contributed by atoms with E-state index in [1.807, 2.05) is 0 Å². The summed E-state index contributed by atoms with van der Waals surface area (Å²) in [6, 6.07) is 0. The van der Waals surface area contributed by atoms with Crippen molar-refractivity contribution in [1.82, 2.24) is 5.32 Å². The molecule has 0 saturated heterocycles. The van der Waals surface area contributed by atoms with Crippen molar-refractivity contribution in [3.8, 4) is 0 Å². The first-order valence-electron chi connectivity index (χ1n) is 3.26. The van der Waals surface area contributed by atoms with Gasteiger partial charge in [-0.05, 0) is 6.92 Å². The number of ether oxygens (including phenoxy) is 1. The molecule has 0 spiro atoms. The normalized spacial score (nSPS) is 11.5. The number of carbonyl (C=O) groups is 1. The van der Waals surface area contributed by atoms with E-state index in [1.54, 1.807) is 14.0 Å². The van der Waals surface area contributed by atoms with Crippen molar-refractivity contribution in [3.05, 3.63) is 23.9 Å². The summed E-state index contributed by atoms with van der Waals surface area (Å²) >= 11 is 0. The molecule has 3 heteroatoms. The van der Waals surface area contributed by atoms with Gasteiger partial charge in [0, 0.05) is 12.7 Å². The molecule has 0 atom stereocenters. The molecule has 0 amide bonds. The molecule has 0 fully saturated rings. The zero-order valence-corrected chi connectivity index (χ0v) is 7.10. The van der Waals surface area contributed by atoms with Gasteiger partial charge < -0.3 is 10.1 Å². The average molecular weight is 155 g/mol. The standard InChI is InChI=1S/C8H13NO2/c1-5-7(6(2)9-3)8(10)11-4/h5,9H,1H2,2-4H3/b7-6-. The highest BCUT2D eigenvalue weighted by atomic mass is 16.5. The number of allylic oxidation sites excluding steroid dienone is 1. The number of hydrogen-bond acceptors (Lipinski definition) is 3. The lowest BCUT2D eigenvalue weighted by atomic mass is 10.2. The molecule has 1 N–H and O–H groups in total. The Bertz CT molecular complexity index is 194. The van der Waals surface area contributed by atoms with Crippen molar-refractivity contribution < 1.29 is 9.53 Å². The van der Waals surface area contributed by atoms with Crippen molar-refractivity contribution in [1.29, 1.82) is 0 Å². The van der Waals surface area contributed by atoms with Crippen LogP contribution in [0.15, 0.2) is 23.9 Å². The van der Waals surface area contributed by atoms with Crippen LogP contribution < -0.4 is 5.32 Å². The summed E-state index contributed by atoms with van der Waals surface area (Å²) in [4.78, 5) is 11.0. The summed E-state index contributed by atoms with van der Waals surface area (Å²) in [6.45, 7) is 5.29. The maximum Gasteiger partial charge on any atom is 0.339 e. The van der Waals surface area contributed by atoms with E-state index in [1.165, 1.54) is 13.2 Å². The fourth-order valence-electron chi connectivity index (χ4n) is 0.634. The molecule has 0 aliphatic carbocycles. The van der Waals surface area contributed by atoms with E-state index in [4.69, 9.17) is 0 Å². The third kappa shape index (κ3) is 2.45. The molecule has 0 rings (SSSR count). The molecule has 0 aliphatic rings. The van der Waals surface area contributed by atoms with Gasteiger partial charge in [0.15, 0.2) is 0 Å². The smallest absolute Gasteiger partial charge is 0.339 e. The van der Waals surface area contributed by atoms with Crippen LogP contribution in [-0.2, 0) is 9.53 Å². The summed E-state index contributed by atoms with van der Waals surface area (Å²) in [5, 5.41) is 2.84. The first-order chi connectivity index (χ1) is 5.17. The molecule has 0 unspecified atom stereocenters. The number of rotatable bonds is 3. The van der Waals surface area contributed by atoms with E-state index in [-0.39, 0.29) is 5.97 Å². The molecule has 62 valence electrons. The number of carbonyl (C=O) groups excluding carboxylic acids is 1. The number of hydrogen-bond donors (Lipinski definition) is 1. The average Bonchev–Trinajstić information content (AvgIpc) is 2.05. The minimum atomic E-state index is -0.369. The van der Waals surface area contributed by atoms with Gasteiger partial charge in [-0.25, -0.2) is 4.79 Å². The maximum absolute atomic E-state index is 11.0. The van der Waals surface area contributed by atoms with Crippen molar-refractivity contribution in [2.45, 2.75) is 6.92 Å². The molecule has 3 nitrogen and oxygen atoms in total. The van der Waals surface area contributed by atoms with Crippen molar-refractivity contribution in [2.24, 2.45) is 0 Å². The van der Waals surface area contributed by atoms with Crippen LogP contribution in [0.3, 0.4) is 0 Å². The van der Waals surface area contributed by atoms with E-state index in [9.17, 15) is 4.79 Å². The van der Waals surface area contributed by atoms with Crippen LogP contribution in [0.1, 0.15) is 6.92 Å². The molecular weight excluding hydrogens is 142 g/mol. The lowest BCUT2D eigenvalue weighted by Crippen LogP contribution is -2.12. The molecule has 0 radical (unpaired) electrons. The predicted octanol–water partition coefficient (Wildman–Crippen LogP) is 0.839. The van der Waals surface area contributed by atoms with E-state index in [0.717, 1.165) is 5.70 Å². The third-order valence-electron chi connectivity index (χ3n) is 1.39. The Kier molecular flexibility index (Phi) is 4.03. The van der Waals surface area contributed by atoms with Crippen LogP contribution >= 0.6 is 0 Å². The second-order valence-electron chi connectivity index (χ2n) is 1.98. The van der Waals surface area contributed by atoms with Gasteiger partial charge in [-0.3, -0.25) is 0 Å². The van der Waals surface area contributed by atoms with Crippen molar-refractivity contribution >= 4 is 5.97 Å². The van der Waals surface area contributed by atoms with Crippen LogP contribution in [0.5, 0.6) is 0 Å². The van der Waals surface area contributed by atoms with Gasteiger partial charge in [0.25, 0.3) is 0 Å². The third-order valence-corrected chi connectivity index (χ3v) is 1.39. The van der Waals surface area contributed by atoms with Gasteiger partial charge >= 0.3 is 5.97 Å². The van der Waals surface area contributed by atoms with E-state index >= 15 is 0 Å². The quantitative estimate of drug-likeness (QED) is 0.373. The molecule has 0 aromatic carbocycles. The second kappa shape index (κ2) is 4.55. The summed E-state index contributed by atoms with van der Waals surface area (Å²) in [5.41, 5.74) is 1.22. The number of methoxy groups -OCH3 is 1. The Hall–Kier alpha value is -1.25. The first kappa shape index (κ1) is 9.75. The zero-order valence-electron chi connectivity index (χ0n) is 7.10. The van der Waals surface area contributed by atoms with E-state index in [0.29, 0.717) is 5.57 Å². The molecular formula is C8H13NO2. The van der Waals surface area contributed by atoms with Gasteiger partial charge in [-0.15, -0.1) is 0 Å². The summed E-state index contributed by atoms with van der Waals surface area (Å²) in [6.07, 6.45) is 1.47. The van der Waals surface area contributed by atoms with Crippen molar-refractivity contribution in [3.63, 3.8) is 0 Å². The fraction of sp³-hybridized carbons (Fsp3) is 0.375. The SMILES string of the molecule is C=C/C(C(=O)OC)=C(\C)NC. The topological polar surface area (TPSA) is 38.3 Å². The largest absolute Gasteiger partial charge is 0.465 e. The highest BCUT2D eigenvalue weighted by molar-refractivity contribution is 5.91. The van der Waals surface area contributed by atoms with Gasteiger partial charge in [0.1, 0.15) is 0 Å². The maximum atomic E-state index is 11.0. The van der Waals surface area contributed by atoms with E-state index < -0.39 is 0 Å². The molecule has 0 aliphatic heterocycles. The summed E-state index contributed by atoms with van der Waals surface area (Å²) in [7, 11) is 3.08. The highest BCUT2D eigenvalue weighted by Crippen LogP contribution is 2.03. The van der Waals surface area contributed by atoms with Crippen LogP contribution in [-0.4, -0.2) is 20.1 Å².